The van der Waals surface area contributed by atoms with Gasteiger partial charge in [-0.2, -0.15) is 5.10 Å². The second-order valence-electron chi connectivity index (χ2n) is 6.55. The molecule has 0 radical (unpaired) electrons. The molecule has 1 amide bonds. The molecule has 2 aromatic carbocycles. The van der Waals surface area contributed by atoms with Gasteiger partial charge in [-0.3, -0.25) is 9.89 Å². The van der Waals surface area contributed by atoms with E-state index in [0.29, 0.717) is 35.9 Å². The molecule has 0 aliphatic carbocycles. The van der Waals surface area contributed by atoms with Crippen molar-refractivity contribution in [2.45, 2.75) is 6.04 Å². The molecule has 2 N–H and O–H groups in total. The quantitative estimate of drug-likeness (QED) is 0.687. The first kappa shape index (κ1) is 18.1. The van der Waals surface area contributed by atoms with Crippen LogP contribution in [0.3, 0.4) is 0 Å². The summed E-state index contributed by atoms with van der Waals surface area (Å²) in [6, 6.07) is 14.2. The van der Waals surface area contributed by atoms with Crippen molar-refractivity contribution in [1.29, 1.82) is 0 Å². The highest BCUT2D eigenvalue weighted by Crippen LogP contribution is 2.44. The number of amides is 1. The molecule has 144 valence electrons. The molecular weight excluding hydrogens is 358 g/mol. The maximum absolute atomic E-state index is 13.1. The number of aromatic amines is 1. The van der Waals surface area contributed by atoms with E-state index in [0.717, 1.165) is 11.1 Å². The molecule has 7 nitrogen and oxygen atoms in total. The van der Waals surface area contributed by atoms with Crippen LogP contribution in [0.4, 0.5) is 0 Å². The van der Waals surface area contributed by atoms with Gasteiger partial charge in [-0.05, 0) is 29.8 Å². The van der Waals surface area contributed by atoms with E-state index < -0.39 is 0 Å². The Kier molecular flexibility index (Phi) is 4.75. The fourth-order valence-electron chi connectivity index (χ4n) is 3.65. The number of fused-ring (bicyclic) bond motifs is 1. The summed E-state index contributed by atoms with van der Waals surface area (Å²) in [6.07, 6.45) is 0. The Balaban J connectivity index is 1.89. The maximum atomic E-state index is 13.1. The van der Waals surface area contributed by atoms with Crippen LogP contribution in [-0.2, 0) is 4.74 Å². The van der Waals surface area contributed by atoms with E-state index in [-0.39, 0.29) is 17.7 Å². The van der Waals surface area contributed by atoms with Crippen LogP contribution in [-0.4, -0.2) is 53.5 Å². The van der Waals surface area contributed by atoms with Crippen LogP contribution in [0.1, 0.15) is 27.7 Å². The van der Waals surface area contributed by atoms with Crippen LogP contribution in [0, 0.1) is 0 Å². The zero-order valence-corrected chi connectivity index (χ0v) is 15.7. The Bertz CT molecular complexity index is 1010. The van der Waals surface area contributed by atoms with Gasteiger partial charge in [-0.15, -0.1) is 0 Å². The predicted octanol–water partition coefficient (Wildman–Crippen LogP) is 2.98. The van der Waals surface area contributed by atoms with Gasteiger partial charge in [0, 0.05) is 24.8 Å². The van der Waals surface area contributed by atoms with Crippen molar-refractivity contribution < 1.29 is 19.4 Å². The normalized spacial score (nSPS) is 15.7. The number of aromatic hydroxyl groups is 1. The van der Waals surface area contributed by atoms with Crippen LogP contribution < -0.4 is 4.74 Å². The third-order valence-corrected chi connectivity index (χ3v) is 4.97. The highest BCUT2D eigenvalue weighted by atomic mass is 16.5. The van der Waals surface area contributed by atoms with Crippen molar-refractivity contribution in [1.82, 2.24) is 15.1 Å². The standard InChI is InChI=1S/C21H21N3O4/c1-27-11-10-24-20(13-6-5-7-14(12-13)28-2)17-18(22-23-19(17)21(24)26)15-8-3-4-9-16(15)25/h3-9,12,20,25H,10-11H2,1-2H3,(H,22,23). The van der Waals surface area contributed by atoms with Gasteiger partial charge in [0.25, 0.3) is 5.91 Å². The van der Waals surface area contributed by atoms with Crippen LogP contribution in [0.2, 0.25) is 0 Å². The average molecular weight is 379 g/mol. The molecule has 3 aromatic rings. The summed E-state index contributed by atoms with van der Waals surface area (Å²) >= 11 is 0. The molecule has 0 saturated carbocycles. The number of H-pyrrole nitrogens is 1. The first-order valence-corrected chi connectivity index (χ1v) is 8.96. The smallest absolute Gasteiger partial charge is 0.273 e. The first-order valence-electron chi connectivity index (χ1n) is 8.96. The number of phenolic OH excluding ortho intramolecular Hbond substituents is 1. The summed E-state index contributed by atoms with van der Waals surface area (Å²) in [4.78, 5) is 14.8. The topological polar surface area (TPSA) is 87.7 Å². The zero-order chi connectivity index (χ0) is 19.7. The van der Waals surface area contributed by atoms with E-state index in [1.54, 1.807) is 37.3 Å². The summed E-state index contributed by atoms with van der Waals surface area (Å²) in [5.41, 5.74) is 3.22. The van der Waals surface area contributed by atoms with Crippen LogP contribution in [0.15, 0.2) is 48.5 Å². The Labute approximate surface area is 162 Å². The fraction of sp³-hybridized carbons (Fsp3) is 0.238. The average Bonchev–Trinajstić information content (AvgIpc) is 3.26. The highest BCUT2D eigenvalue weighted by molar-refractivity contribution is 6.00. The van der Waals surface area contributed by atoms with Crippen molar-refractivity contribution in [3.63, 3.8) is 0 Å². The summed E-state index contributed by atoms with van der Waals surface area (Å²) in [7, 11) is 3.22. The minimum atomic E-state index is -0.360. The van der Waals surface area contributed by atoms with Crippen molar-refractivity contribution in [2.75, 3.05) is 27.4 Å². The Morgan fingerprint density at radius 2 is 2.00 bits per heavy atom. The number of carbonyl (C=O) groups is 1. The van der Waals surface area contributed by atoms with Crippen molar-refractivity contribution in [2.24, 2.45) is 0 Å². The SMILES string of the molecule is COCCN1C(=O)c2[nH]nc(-c3ccccc3O)c2C1c1cccc(OC)c1. The monoisotopic (exact) mass is 379 g/mol. The molecule has 0 fully saturated rings. The summed E-state index contributed by atoms with van der Waals surface area (Å²) in [6.45, 7) is 0.843. The number of phenols is 1. The van der Waals surface area contributed by atoms with Crippen molar-refractivity contribution in [3.05, 3.63) is 65.4 Å². The summed E-state index contributed by atoms with van der Waals surface area (Å²) < 4.78 is 10.6. The van der Waals surface area contributed by atoms with Crippen molar-refractivity contribution >= 4 is 5.91 Å². The minimum absolute atomic E-state index is 0.115. The molecule has 28 heavy (non-hydrogen) atoms. The number of hydrogen-bond acceptors (Lipinski definition) is 5. The zero-order valence-electron chi connectivity index (χ0n) is 15.7. The lowest BCUT2D eigenvalue weighted by atomic mass is 9.95. The number of rotatable bonds is 6. The second-order valence-corrected chi connectivity index (χ2v) is 6.55. The van der Waals surface area contributed by atoms with E-state index >= 15 is 0 Å². The van der Waals surface area contributed by atoms with Crippen LogP contribution >= 0.6 is 0 Å². The lowest BCUT2D eigenvalue weighted by Crippen LogP contribution is -2.32. The number of para-hydroxylation sites is 1. The number of nitrogens with one attached hydrogen (secondary N) is 1. The lowest BCUT2D eigenvalue weighted by molar-refractivity contribution is 0.0677. The van der Waals surface area contributed by atoms with Gasteiger partial charge in [0.15, 0.2) is 0 Å². The summed E-state index contributed by atoms with van der Waals surface area (Å²) in [5, 5.41) is 17.6. The number of ether oxygens (including phenoxy) is 2. The van der Waals surface area contributed by atoms with Crippen LogP contribution in [0.5, 0.6) is 11.5 Å². The molecule has 7 heteroatoms. The van der Waals surface area contributed by atoms with E-state index in [2.05, 4.69) is 10.2 Å². The Hall–Kier alpha value is -3.32. The third-order valence-electron chi connectivity index (χ3n) is 4.97. The lowest BCUT2D eigenvalue weighted by Gasteiger charge is -2.26. The van der Waals surface area contributed by atoms with E-state index in [9.17, 15) is 9.90 Å². The number of benzene rings is 2. The van der Waals surface area contributed by atoms with Gasteiger partial charge in [-0.25, -0.2) is 0 Å². The molecule has 0 saturated heterocycles. The predicted molar refractivity (Wildman–Crippen MR) is 103 cm³/mol. The van der Waals surface area contributed by atoms with Gasteiger partial charge in [0.05, 0.1) is 19.8 Å². The number of carbonyl (C=O) groups excluding carboxylic acids is 1. The molecule has 1 unspecified atom stereocenters. The minimum Gasteiger partial charge on any atom is -0.507 e. The molecule has 0 spiro atoms. The number of nitrogens with zero attached hydrogens (tertiary/aromatic N) is 2. The molecule has 0 bridgehead atoms. The first-order chi connectivity index (χ1) is 13.7. The van der Waals surface area contributed by atoms with E-state index in [1.165, 1.54) is 0 Å². The largest absolute Gasteiger partial charge is 0.507 e. The Morgan fingerprint density at radius 1 is 1.18 bits per heavy atom. The molecular formula is C21H21N3O4. The van der Waals surface area contributed by atoms with Crippen molar-refractivity contribution in [3.8, 4) is 22.8 Å². The van der Waals surface area contributed by atoms with Gasteiger partial charge in [0.1, 0.15) is 22.9 Å². The third kappa shape index (κ3) is 2.90. The number of hydrogen-bond donors (Lipinski definition) is 2. The molecule has 1 aromatic heterocycles. The van der Waals surface area contributed by atoms with E-state index in [4.69, 9.17) is 9.47 Å². The van der Waals surface area contributed by atoms with Gasteiger partial charge >= 0.3 is 0 Å². The van der Waals surface area contributed by atoms with Crippen LogP contribution in [0.25, 0.3) is 11.3 Å². The molecule has 1 aliphatic rings. The molecule has 4 rings (SSSR count). The molecule has 1 atom stereocenters. The Morgan fingerprint density at radius 3 is 2.75 bits per heavy atom. The fourth-order valence-corrected chi connectivity index (χ4v) is 3.65. The highest BCUT2D eigenvalue weighted by Gasteiger charge is 2.42. The molecule has 1 aliphatic heterocycles. The van der Waals surface area contributed by atoms with E-state index in [1.807, 2.05) is 30.3 Å². The van der Waals surface area contributed by atoms with Gasteiger partial charge < -0.3 is 19.5 Å². The number of methoxy groups -OCH3 is 2. The molecule has 2 heterocycles. The van der Waals surface area contributed by atoms with Gasteiger partial charge in [0.2, 0.25) is 0 Å². The maximum Gasteiger partial charge on any atom is 0.273 e. The van der Waals surface area contributed by atoms with Gasteiger partial charge in [-0.1, -0.05) is 24.3 Å². The number of aromatic nitrogens is 2. The summed E-state index contributed by atoms with van der Waals surface area (Å²) in [5.74, 6) is 0.677. The second kappa shape index (κ2) is 7.36.